The Morgan fingerprint density at radius 1 is 1.09 bits per heavy atom. The molecule has 33 heavy (non-hydrogen) atoms. The number of nitrogens with one attached hydrogen (secondary N) is 2. The maximum absolute atomic E-state index is 14.5. The van der Waals surface area contributed by atoms with Crippen LogP contribution in [0, 0.1) is 12.7 Å². The molecule has 5 rings (SSSR count). The number of imidazole rings is 1. The molecule has 3 heterocycles. The fourth-order valence-electron chi connectivity index (χ4n) is 4.26. The van der Waals surface area contributed by atoms with Crippen molar-refractivity contribution in [3.8, 4) is 16.9 Å². The van der Waals surface area contributed by atoms with E-state index in [1.54, 1.807) is 18.6 Å². The highest BCUT2D eigenvalue weighted by Crippen LogP contribution is 2.26. The van der Waals surface area contributed by atoms with E-state index < -0.39 is 5.82 Å². The lowest BCUT2D eigenvalue weighted by Gasteiger charge is -2.30. The minimum absolute atomic E-state index is 0.0590. The van der Waals surface area contributed by atoms with Gasteiger partial charge in [0.15, 0.2) is 0 Å². The first kappa shape index (κ1) is 21.6. The van der Waals surface area contributed by atoms with Crippen LogP contribution < -0.4 is 10.6 Å². The molecule has 0 radical (unpaired) electrons. The number of pyridine rings is 1. The zero-order valence-electron chi connectivity index (χ0n) is 19.0. The number of benzene rings is 1. The number of anilines is 1. The molecular formula is C25H29FN6O. The minimum Gasteiger partial charge on any atom is -0.381 e. The molecule has 1 aliphatic heterocycles. The lowest BCUT2D eigenvalue weighted by molar-refractivity contribution is 0.0947. The molecule has 2 aliphatic rings. The van der Waals surface area contributed by atoms with Crippen molar-refractivity contribution in [2.24, 2.45) is 0 Å². The van der Waals surface area contributed by atoms with Crippen molar-refractivity contribution in [1.82, 2.24) is 24.8 Å². The van der Waals surface area contributed by atoms with Gasteiger partial charge in [0.1, 0.15) is 5.82 Å². The topological polar surface area (TPSA) is 75.1 Å². The first-order chi connectivity index (χ1) is 16.0. The number of hydrogen-bond donors (Lipinski definition) is 2. The number of carbonyl (C=O) groups excluding carboxylic acids is 1. The first-order valence-corrected chi connectivity index (χ1v) is 11.5. The summed E-state index contributed by atoms with van der Waals surface area (Å²) >= 11 is 0. The summed E-state index contributed by atoms with van der Waals surface area (Å²) in [6.07, 6.45) is 11.3. The van der Waals surface area contributed by atoms with Crippen LogP contribution in [0.3, 0.4) is 0 Å². The van der Waals surface area contributed by atoms with Crippen LogP contribution in [-0.4, -0.2) is 57.6 Å². The molecular weight excluding hydrogens is 419 g/mol. The Bertz CT molecular complexity index is 1160. The fourth-order valence-corrected chi connectivity index (χ4v) is 4.26. The number of halogens is 1. The Balaban J connectivity index is 1.36. The van der Waals surface area contributed by atoms with E-state index >= 15 is 0 Å². The van der Waals surface area contributed by atoms with E-state index in [2.05, 4.69) is 38.6 Å². The van der Waals surface area contributed by atoms with Gasteiger partial charge in [0.2, 0.25) is 0 Å². The largest absolute Gasteiger partial charge is 0.381 e. The molecule has 2 fully saturated rings. The van der Waals surface area contributed by atoms with Gasteiger partial charge >= 0.3 is 0 Å². The van der Waals surface area contributed by atoms with Crippen LogP contribution in [-0.2, 0) is 0 Å². The van der Waals surface area contributed by atoms with Crippen molar-refractivity contribution in [3.05, 3.63) is 60.1 Å². The lowest BCUT2D eigenvalue weighted by atomic mass is 10.1. The van der Waals surface area contributed by atoms with Gasteiger partial charge in [-0.3, -0.25) is 9.78 Å². The quantitative estimate of drug-likeness (QED) is 0.600. The van der Waals surface area contributed by atoms with Crippen LogP contribution in [0.1, 0.15) is 41.6 Å². The highest BCUT2D eigenvalue weighted by molar-refractivity contribution is 5.95. The second-order valence-electron chi connectivity index (χ2n) is 9.22. The summed E-state index contributed by atoms with van der Waals surface area (Å²) in [6.45, 7) is 4.01. The molecule has 0 bridgehead atoms. The van der Waals surface area contributed by atoms with Gasteiger partial charge in [-0.25, -0.2) is 9.37 Å². The van der Waals surface area contributed by atoms with Crippen LogP contribution in [0.2, 0.25) is 0 Å². The Morgan fingerprint density at radius 2 is 1.88 bits per heavy atom. The highest BCUT2D eigenvalue weighted by atomic mass is 19.1. The SMILES string of the molecule is Cc1cc(F)c(C(=O)NC2CC2)cc1-n1cnc(-c2cncc(NC3CCN(C)CC3)c2)c1. The zero-order valence-corrected chi connectivity index (χ0v) is 19.0. The molecule has 2 aromatic heterocycles. The molecule has 1 saturated carbocycles. The van der Waals surface area contributed by atoms with Crippen molar-refractivity contribution in [3.63, 3.8) is 0 Å². The molecule has 7 nitrogen and oxygen atoms in total. The van der Waals surface area contributed by atoms with E-state index in [1.165, 1.54) is 6.07 Å². The third-order valence-electron chi connectivity index (χ3n) is 6.43. The first-order valence-electron chi connectivity index (χ1n) is 11.5. The standard InChI is InChI=1S/C25H29FN6O/c1-16-9-22(26)21(25(33)30-18-3-4-18)11-24(16)32-14-23(28-15-32)17-10-20(13-27-12-17)29-19-5-7-31(2)8-6-19/h9-15,18-19,29H,3-8H2,1-2H3,(H,30,33). The molecule has 2 N–H and O–H groups in total. The molecule has 172 valence electrons. The van der Waals surface area contributed by atoms with Crippen molar-refractivity contribution in [2.75, 3.05) is 25.5 Å². The molecule has 0 unspecified atom stereocenters. The van der Waals surface area contributed by atoms with Crippen molar-refractivity contribution in [1.29, 1.82) is 0 Å². The van der Waals surface area contributed by atoms with Gasteiger partial charge in [0.25, 0.3) is 5.91 Å². The highest BCUT2D eigenvalue weighted by Gasteiger charge is 2.25. The maximum Gasteiger partial charge on any atom is 0.254 e. The molecule has 1 aromatic carbocycles. The Hall–Kier alpha value is -3.26. The molecule has 1 aliphatic carbocycles. The van der Waals surface area contributed by atoms with E-state index in [1.807, 2.05) is 23.9 Å². The van der Waals surface area contributed by atoms with Gasteiger partial charge in [-0.15, -0.1) is 0 Å². The number of aryl methyl sites for hydroxylation is 1. The predicted octanol–water partition coefficient (Wildman–Crippen LogP) is 3.78. The molecule has 1 amide bonds. The summed E-state index contributed by atoms with van der Waals surface area (Å²) in [6, 6.07) is 5.68. The molecule has 0 atom stereocenters. The second-order valence-corrected chi connectivity index (χ2v) is 9.22. The summed E-state index contributed by atoms with van der Waals surface area (Å²) < 4.78 is 16.3. The van der Waals surface area contributed by atoms with Gasteiger partial charge in [-0.05, 0) is 76.5 Å². The molecule has 8 heteroatoms. The zero-order chi connectivity index (χ0) is 22.9. The van der Waals surface area contributed by atoms with Gasteiger partial charge in [-0.2, -0.15) is 0 Å². The number of aromatic nitrogens is 3. The normalized spacial score (nSPS) is 17.2. The number of amides is 1. The molecule has 3 aromatic rings. The Kier molecular flexibility index (Phi) is 5.85. The summed E-state index contributed by atoms with van der Waals surface area (Å²) in [4.78, 5) is 23.8. The van der Waals surface area contributed by atoms with Crippen molar-refractivity contribution >= 4 is 11.6 Å². The number of carbonyl (C=O) groups is 1. The average Bonchev–Trinajstić information content (AvgIpc) is 3.47. The number of rotatable bonds is 6. The summed E-state index contributed by atoms with van der Waals surface area (Å²) in [7, 11) is 2.15. The number of likely N-dealkylation sites (tertiary alicyclic amines) is 1. The van der Waals surface area contributed by atoms with E-state index in [9.17, 15) is 9.18 Å². The Morgan fingerprint density at radius 3 is 2.64 bits per heavy atom. The molecule has 0 spiro atoms. The predicted molar refractivity (Wildman–Crippen MR) is 126 cm³/mol. The number of piperidine rings is 1. The summed E-state index contributed by atoms with van der Waals surface area (Å²) in [5.41, 5.74) is 4.16. The fraction of sp³-hybridized carbons (Fsp3) is 0.400. The van der Waals surface area contributed by atoms with Gasteiger partial charge < -0.3 is 20.1 Å². The number of nitrogens with zero attached hydrogens (tertiary/aromatic N) is 4. The van der Waals surface area contributed by atoms with E-state index in [0.29, 0.717) is 6.04 Å². The van der Waals surface area contributed by atoms with Crippen molar-refractivity contribution in [2.45, 2.75) is 44.7 Å². The van der Waals surface area contributed by atoms with Crippen molar-refractivity contribution < 1.29 is 9.18 Å². The third-order valence-corrected chi connectivity index (χ3v) is 6.43. The van der Waals surface area contributed by atoms with Crippen LogP contribution in [0.5, 0.6) is 0 Å². The number of hydrogen-bond acceptors (Lipinski definition) is 5. The van der Waals surface area contributed by atoms with Crippen LogP contribution >= 0.6 is 0 Å². The Labute approximate surface area is 193 Å². The van der Waals surface area contributed by atoms with Gasteiger partial charge in [0, 0.05) is 36.2 Å². The van der Waals surface area contributed by atoms with Crippen LogP contribution in [0.4, 0.5) is 10.1 Å². The van der Waals surface area contributed by atoms with Gasteiger partial charge in [-0.1, -0.05) is 0 Å². The third kappa shape index (κ3) is 4.90. The van der Waals surface area contributed by atoms with Crippen LogP contribution in [0.15, 0.2) is 43.1 Å². The van der Waals surface area contributed by atoms with Crippen LogP contribution in [0.25, 0.3) is 16.9 Å². The molecule has 1 saturated heterocycles. The summed E-state index contributed by atoms with van der Waals surface area (Å²) in [5.74, 6) is -0.875. The summed E-state index contributed by atoms with van der Waals surface area (Å²) in [5, 5.41) is 6.46. The van der Waals surface area contributed by atoms with E-state index in [-0.39, 0.29) is 17.5 Å². The monoisotopic (exact) mass is 448 g/mol. The smallest absolute Gasteiger partial charge is 0.254 e. The lowest BCUT2D eigenvalue weighted by Crippen LogP contribution is -2.36. The van der Waals surface area contributed by atoms with Gasteiger partial charge in [0.05, 0.1) is 29.0 Å². The average molecular weight is 449 g/mol. The van der Waals surface area contributed by atoms with E-state index in [0.717, 1.165) is 67.0 Å². The minimum atomic E-state index is -0.508. The second kappa shape index (κ2) is 8.94. The van der Waals surface area contributed by atoms with E-state index in [4.69, 9.17) is 0 Å². The maximum atomic E-state index is 14.5.